The van der Waals surface area contributed by atoms with Crippen molar-refractivity contribution in [3.05, 3.63) is 35.4 Å². The summed E-state index contributed by atoms with van der Waals surface area (Å²) in [7, 11) is 0. The maximum Gasteiger partial charge on any atom is 0.306 e. The summed E-state index contributed by atoms with van der Waals surface area (Å²) in [5, 5.41) is 11.4. The van der Waals surface area contributed by atoms with Crippen LogP contribution in [0.15, 0.2) is 18.2 Å². The summed E-state index contributed by atoms with van der Waals surface area (Å²) in [6.07, 6.45) is 1.32. The highest BCUT2D eigenvalue weighted by molar-refractivity contribution is 5.80. The number of carboxylic acid groups (broad SMARTS) is 1. The number of carbonyl (C=O) groups excluding carboxylic acids is 1. The maximum absolute atomic E-state index is 13.4. The summed E-state index contributed by atoms with van der Waals surface area (Å²) < 4.78 is 26.1. The maximum atomic E-state index is 13.4. The van der Waals surface area contributed by atoms with Crippen molar-refractivity contribution in [2.75, 3.05) is 0 Å². The van der Waals surface area contributed by atoms with Crippen molar-refractivity contribution in [3.8, 4) is 0 Å². The van der Waals surface area contributed by atoms with Crippen molar-refractivity contribution < 1.29 is 23.5 Å². The second-order valence-electron chi connectivity index (χ2n) is 5.00. The molecule has 2 rings (SSSR count). The van der Waals surface area contributed by atoms with Crippen LogP contribution in [0.25, 0.3) is 0 Å². The summed E-state index contributed by atoms with van der Waals surface area (Å²) in [6.45, 7) is -0.0286. The molecule has 0 heterocycles. The number of hydrogen-bond donors (Lipinski definition) is 2. The van der Waals surface area contributed by atoms with Crippen molar-refractivity contribution in [3.63, 3.8) is 0 Å². The Morgan fingerprint density at radius 2 is 1.95 bits per heavy atom. The van der Waals surface area contributed by atoms with Crippen molar-refractivity contribution >= 4 is 11.9 Å². The van der Waals surface area contributed by atoms with Gasteiger partial charge < -0.3 is 10.4 Å². The van der Waals surface area contributed by atoms with Crippen LogP contribution in [0, 0.1) is 23.5 Å². The second-order valence-corrected chi connectivity index (χ2v) is 5.00. The molecule has 1 aliphatic rings. The van der Waals surface area contributed by atoms with Gasteiger partial charge in [-0.3, -0.25) is 9.59 Å². The number of nitrogens with one attached hydrogen (secondary N) is 1. The Bertz CT molecular complexity index is 533. The zero-order valence-electron chi connectivity index (χ0n) is 10.7. The number of carbonyl (C=O) groups is 2. The molecule has 0 spiro atoms. The number of aliphatic carboxylic acids is 1. The number of carboxylic acids is 1. The molecule has 0 bridgehead atoms. The smallest absolute Gasteiger partial charge is 0.306 e. The zero-order chi connectivity index (χ0) is 14.7. The molecule has 20 heavy (non-hydrogen) atoms. The summed E-state index contributed by atoms with van der Waals surface area (Å²) in [6, 6.07) is 3.16. The fraction of sp³-hybridized carbons (Fsp3) is 0.429. The molecule has 2 unspecified atom stereocenters. The Morgan fingerprint density at radius 1 is 1.25 bits per heavy atom. The number of rotatable bonds is 4. The van der Waals surface area contributed by atoms with Gasteiger partial charge >= 0.3 is 5.97 Å². The van der Waals surface area contributed by atoms with Crippen molar-refractivity contribution in [2.45, 2.75) is 25.8 Å². The SMILES string of the molecule is O=C(O)C1CCC(C(=O)NCc2ccc(F)cc2F)C1. The lowest BCUT2D eigenvalue weighted by molar-refractivity contribution is -0.141. The lowest BCUT2D eigenvalue weighted by Crippen LogP contribution is -2.29. The van der Waals surface area contributed by atoms with Gasteiger partial charge in [0, 0.05) is 24.1 Å². The largest absolute Gasteiger partial charge is 0.481 e. The van der Waals surface area contributed by atoms with E-state index in [0.29, 0.717) is 19.3 Å². The molecule has 0 aromatic heterocycles. The van der Waals surface area contributed by atoms with E-state index >= 15 is 0 Å². The van der Waals surface area contributed by atoms with Crippen molar-refractivity contribution in [1.29, 1.82) is 0 Å². The first-order valence-corrected chi connectivity index (χ1v) is 6.42. The molecule has 0 saturated heterocycles. The molecule has 2 atom stereocenters. The van der Waals surface area contributed by atoms with E-state index in [9.17, 15) is 18.4 Å². The van der Waals surface area contributed by atoms with E-state index in [4.69, 9.17) is 5.11 Å². The van der Waals surface area contributed by atoms with Gasteiger partial charge in [-0.25, -0.2) is 8.78 Å². The third kappa shape index (κ3) is 3.31. The van der Waals surface area contributed by atoms with Crippen LogP contribution in [0.2, 0.25) is 0 Å². The van der Waals surface area contributed by atoms with E-state index in [0.717, 1.165) is 12.1 Å². The van der Waals surface area contributed by atoms with Crippen LogP contribution >= 0.6 is 0 Å². The predicted octanol–water partition coefficient (Wildman–Crippen LogP) is 2.08. The third-order valence-corrected chi connectivity index (χ3v) is 3.62. The van der Waals surface area contributed by atoms with Gasteiger partial charge in [0.25, 0.3) is 0 Å². The second kappa shape index (κ2) is 5.98. The molecule has 1 amide bonds. The minimum Gasteiger partial charge on any atom is -0.481 e. The van der Waals surface area contributed by atoms with E-state index in [1.165, 1.54) is 6.07 Å². The van der Waals surface area contributed by atoms with Gasteiger partial charge in [-0.1, -0.05) is 6.07 Å². The van der Waals surface area contributed by atoms with Gasteiger partial charge in [0.05, 0.1) is 5.92 Å². The summed E-state index contributed by atoms with van der Waals surface area (Å²) in [5.41, 5.74) is 0.201. The van der Waals surface area contributed by atoms with Crippen LogP contribution in [0.3, 0.4) is 0 Å². The fourth-order valence-corrected chi connectivity index (χ4v) is 2.44. The minimum atomic E-state index is -0.884. The predicted molar refractivity (Wildman–Crippen MR) is 66.7 cm³/mol. The van der Waals surface area contributed by atoms with Crippen molar-refractivity contribution in [1.82, 2.24) is 5.32 Å². The van der Waals surface area contributed by atoms with E-state index in [2.05, 4.69) is 5.32 Å². The standard InChI is InChI=1S/C14H15F2NO3/c15-11-4-3-10(12(16)6-11)7-17-13(18)8-1-2-9(5-8)14(19)20/h3-4,6,8-9H,1-2,5,7H2,(H,17,18)(H,19,20). The molecule has 0 aliphatic heterocycles. The van der Waals surface area contributed by atoms with Crippen molar-refractivity contribution in [2.24, 2.45) is 11.8 Å². The van der Waals surface area contributed by atoms with Gasteiger partial charge in [0.2, 0.25) is 5.91 Å². The third-order valence-electron chi connectivity index (χ3n) is 3.62. The average molecular weight is 283 g/mol. The quantitative estimate of drug-likeness (QED) is 0.889. The van der Waals surface area contributed by atoms with Crippen LogP contribution in [-0.2, 0) is 16.1 Å². The van der Waals surface area contributed by atoms with E-state index in [1.807, 2.05) is 0 Å². The zero-order valence-corrected chi connectivity index (χ0v) is 10.7. The highest BCUT2D eigenvalue weighted by Gasteiger charge is 2.33. The van der Waals surface area contributed by atoms with Crippen LogP contribution in [0.1, 0.15) is 24.8 Å². The van der Waals surface area contributed by atoms with Gasteiger partial charge in [0.1, 0.15) is 11.6 Å². The molecule has 4 nitrogen and oxygen atoms in total. The molecule has 1 fully saturated rings. The molecule has 2 N–H and O–H groups in total. The Balaban J connectivity index is 1.88. The fourth-order valence-electron chi connectivity index (χ4n) is 2.44. The molecule has 1 aromatic carbocycles. The van der Waals surface area contributed by atoms with Gasteiger partial charge in [0.15, 0.2) is 0 Å². The minimum absolute atomic E-state index is 0.0286. The van der Waals surface area contributed by atoms with Gasteiger partial charge in [-0.15, -0.1) is 0 Å². The van der Waals surface area contributed by atoms with Crippen LogP contribution in [0.5, 0.6) is 0 Å². The highest BCUT2D eigenvalue weighted by Crippen LogP contribution is 2.31. The van der Waals surface area contributed by atoms with E-state index in [1.54, 1.807) is 0 Å². The van der Waals surface area contributed by atoms with Crippen LogP contribution in [-0.4, -0.2) is 17.0 Å². The first kappa shape index (κ1) is 14.4. The van der Waals surface area contributed by atoms with Gasteiger partial charge in [-0.2, -0.15) is 0 Å². The lowest BCUT2D eigenvalue weighted by atomic mass is 10.0. The molecular weight excluding hydrogens is 268 g/mol. The molecule has 0 radical (unpaired) electrons. The number of benzene rings is 1. The van der Waals surface area contributed by atoms with Crippen LogP contribution < -0.4 is 5.32 Å². The Morgan fingerprint density at radius 3 is 2.55 bits per heavy atom. The number of halogens is 2. The van der Waals surface area contributed by atoms with Crippen LogP contribution in [0.4, 0.5) is 8.78 Å². The topological polar surface area (TPSA) is 66.4 Å². The summed E-state index contributed by atoms with van der Waals surface area (Å²) >= 11 is 0. The first-order valence-electron chi connectivity index (χ1n) is 6.42. The molecule has 1 aromatic rings. The van der Waals surface area contributed by atoms with Gasteiger partial charge in [-0.05, 0) is 25.3 Å². The molecule has 1 saturated carbocycles. The normalized spacial score (nSPS) is 21.7. The Hall–Kier alpha value is -1.98. The number of amides is 1. The monoisotopic (exact) mass is 283 g/mol. The molecule has 108 valence electrons. The summed E-state index contributed by atoms with van der Waals surface area (Å²) in [4.78, 5) is 22.7. The molecule has 6 heteroatoms. The summed E-state index contributed by atoms with van der Waals surface area (Å²) in [5.74, 6) is -3.37. The Labute approximate surface area is 114 Å². The lowest BCUT2D eigenvalue weighted by Gasteiger charge is -2.11. The first-order chi connectivity index (χ1) is 9.47. The average Bonchev–Trinajstić information content (AvgIpc) is 2.87. The van der Waals surface area contributed by atoms with E-state index in [-0.39, 0.29) is 23.9 Å². The van der Waals surface area contributed by atoms with E-state index < -0.39 is 23.5 Å². The number of hydrogen-bond acceptors (Lipinski definition) is 2. The Kier molecular flexibility index (Phi) is 4.32. The highest BCUT2D eigenvalue weighted by atomic mass is 19.1. The molecular formula is C14H15F2NO3. The molecule has 1 aliphatic carbocycles.